The van der Waals surface area contributed by atoms with Crippen LogP contribution in [0.25, 0.3) is 0 Å². The molecule has 64 valence electrons. The molecular formula is C8H12F2O. The lowest BCUT2D eigenvalue weighted by molar-refractivity contribution is -0.121. The molecule has 0 rings (SSSR count). The topological polar surface area (TPSA) is 17.1 Å². The van der Waals surface area contributed by atoms with E-state index in [2.05, 4.69) is 0 Å². The van der Waals surface area contributed by atoms with Gasteiger partial charge in [0, 0.05) is 5.41 Å². The number of halogens is 2. The number of carbonyl (C=O) groups is 1. The SMILES string of the molecule is CC(C)(C)C(=O)/C=C/C(F)F. The summed E-state index contributed by atoms with van der Waals surface area (Å²) in [6.45, 7) is 5.06. The molecule has 0 aromatic heterocycles. The molecule has 0 N–H and O–H groups in total. The van der Waals surface area contributed by atoms with Crippen molar-refractivity contribution in [1.29, 1.82) is 0 Å². The standard InChI is InChI=1S/C8H12F2O/c1-8(2,3)6(11)4-5-7(9)10/h4-5,7H,1-3H3/b5-4+. The molecule has 11 heavy (non-hydrogen) atoms. The second-order valence-electron chi connectivity index (χ2n) is 3.31. The number of hydrogen-bond donors (Lipinski definition) is 0. The second kappa shape index (κ2) is 3.60. The van der Waals surface area contributed by atoms with E-state index in [-0.39, 0.29) is 5.78 Å². The Labute approximate surface area is 65.1 Å². The first-order chi connectivity index (χ1) is 4.84. The van der Waals surface area contributed by atoms with Crippen molar-refractivity contribution < 1.29 is 13.6 Å². The van der Waals surface area contributed by atoms with Crippen LogP contribution in [0.5, 0.6) is 0 Å². The van der Waals surface area contributed by atoms with Crippen LogP contribution in [0.2, 0.25) is 0 Å². The van der Waals surface area contributed by atoms with Crippen LogP contribution < -0.4 is 0 Å². The second-order valence-corrected chi connectivity index (χ2v) is 3.31. The minimum Gasteiger partial charge on any atom is -0.294 e. The summed E-state index contributed by atoms with van der Waals surface area (Å²) >= 11 is 0. The van der Waals surface area contributed by atoms with Gasteiger partial charge in [-0.25, -0.2) is 8.78 Å². The summed E-state index contributed by atoms with van der Waals surface area (Å²) in [5.74, 6) is -0.280. The Morgan fingerprint density at radius 1 is 1.36 bits per heavy atom. The van der Waals surface area contributed by atoms with Gasteiger partial charge in [0.05, 0.1) is 0 Å². The number of hydrogen-bond acceptors (Lipinski definition) is 1. The zero-order valence-corrected chi connectivity index (χ0v) is 6.90. The molecule has 0 fully saturated rings. The van der Waals surface area contributed by atoms with Gasteiger partial charge in [-0.3, -0.25) is 4.79 Å². The summed E-state index contributed by atoms with van der Waals surface area (Å²) < 4.78 is 23.1. The number of rotatable bonds is 2. The zero-order valence-electron chi connectivity index (χ0n) is 6.90. The minimum atomic E-state index is -2.54. The maximum Gasteiger partial charge on any atom is 0.257 e. The molecule has 0 aliphatic rings. The van der Waals surface area contributed by atoms with Crippen LogP contribution in [0, 0.1) is 5.41 Å². The molecule has 3 heteroatoms. The highest BCUT2D eigenvalue weighted by molar-refractivity contribution is 5.93. The third kappa shape index (κ3) is 4.65. The number of alkyl halides is 2. The molecule has 0 aliphatic heterocycles. The molecule has 0 aliphatic carbocycles. The van der Waals surface area contributed by atoms with Crippen molar-refractivity contribution in [3.63, 3.8) is 0 Å². The molecule has 0 atom stereocenters. The van der Waals surface area contributed by atoms with Crippen LogP contribution in [0.1, 0.15) is 20.8 Å². The summed E-state index contributed by atoms with van der Waals surface area (Å²) in [5, 5.41) is 0. The van der Waals surface area contributed by atoms with E-state index in [0.717, 1.165) is 6.08 Å². The highest BCUT2D eigenvalue weighted by atomic mass is 19.3. The molecule has 1 nitrogen and oxygen atoms in total. The van der Waals surface area contributed by atoms with Crippen molar-refractivity contribution in [2.45, 2.75) is 27.2 Å². The van der Waals surface area contributed by atoms with Gasteiger partial charge in [0.25, 0.3) is 6.43 Å². The fraction of sp³-hybridized carbons (Fsp3) is 0.625. The molecule has 0 saturated heterocycles. The largest absolute Gasteiger partial charge is 0.294 e. The molecule has 0 spiro atoms. The minimum absolute atomic E-state index is 0.280. The van der Waals surface area contributed by atoms with Crippen LogP contribution in [-0.2, 0) is 4.79 Å². The number of ketones is 1. The normalized spacial score (nSPS) is 12.9. The number of carbonyl (C=O) groups excluding carboxylic acids is 1. The third-order valence-electron chi connectivity index (χ3n) is 1.13. The Balaban J connectivity index is 4.09. The van der Waals surface area contributed by atoms with Gasteiger partial charge in [-0.1, -0.05) is 20.8 Å². The molecule has 0 saturated carbocycles. The van der Waals surface area contributed by atoms with Crippen molar-refractivity contribution in [2.24, 2.45) is 5.41 Å². The zero-order chi connectivity index (χ0) is 9.07. The van der Waals surface area contributed by atoms with Crippen LogP contribution in [0.15, 0.2) is 12.2 Å². The van der Waals surface area contributed by atoms with Gasteiger partial charge >= 0.3 is 0 Å². The summed E-state index contributed by atoms with van der Waals surface area (Å²) in [6, 6.07) is 0. The average molecular weight is 162 g/mol. The first-order valence-corrected chi connectivity index (χ1v) is 3.35. The lowest BCUT2D eigenvalue weighted by atomic mass is 9.91. The van der Waals surface area contributed by atoms with Crippen LogP contribution in [0.3, 0.4) is 0 Å². The molecule has 0 unspecified atom stereocenters. The van der Waals surface area contributed by atoms with Crippen molar-refractivity contribution in [1.82, 2.24) is 0 Å². The fourth-order valence-corrected chi connectivity index (χ4v) is 0.410. The van der Waals surface area contributed by atoms with E-state index < -0.39 is 11.8 Å². The average Bonchev–Trinajstić information content (AvgIpc) is 1.80. The fourth-order valence-electron chi connectivity index (χ4n) is 0.410. The Hall–Kier alpha value is -0.730. The van der Waals surface area contributed by atoms with E-state index in [1.165, 1.54) is 0 Å². The lowest BCUT2D eigenvalue weighted by Crippen LogP contribution is -2.17. The van der Waals surface area contributed by atoms with Gasteiger partial charge in [0.15, 0.2) is 5.78 Å². The van der Waals surface area contributed by atoms with Gasteiger partial charge in [-0.2, -0.15) is 0 Å². The van der Waals surface area contributed by atoms with E-state index in [1.54, 1.807) is 20.8 Å². The maximum absolute atomic E-state index is 11.5. The Bertz CT molecular complexity index is 165. The smallest absolute Gasteiger partial charge is 0.257 e. The molecule has 0 amide bonds. The van der Waals surface area contributed by atoms with E-state index in [1.807, 2.05) is 0 Å². The van der Waals surface area contributed by atoms with E-state index in [0.29, 0.717) is 6.08 Å². The van der Waals surface area contributed by atoms with Gasteiger partial charge in [0.1, 0.15) is 0 Å². The molecule has 0 radical (unpaired) electrons. The molecule has 0 aromatic rings. The molecule has 0 heterocycles. The van der Waals surface area contributed by atoms with Crippen LogP contribution >= 0.6 is 0 Å². The Morgan fingerprint density at radius 2 is 1.82 bits per heavy atom. The summed E-state index contributed by atoms with van der Waals surface area (Å²) in [6.07, 6.45) is -1.00. The van der Waals surface area contributed by atoms with Crippen molar-refractivity contribution >= 4 is 5.78 Å². The van der Waals surface area contributed by atoms with Gasteiger partial charge in [-0.05, 0) is 12.2 Å². The molecular weight excluding hydrogens is 150 g/mol. The third-order valence-corrected chi connectivity index (χ3v) is 1.13. The maximum atomic E-state index is 11.5. The first kappa shape index (κ1) is 10.3. The first-order valence-electron chi connectivity index (χ1n) is 3.35. The van der Waals surface area contributed by atoms with E-state index in [9.17, 15) is 13.6 Å². The van der Waals surface area contributed by atoms with Crippen molar-refractivity contribution in [3.8, 4) is 0 Å². The quantitative estimate of drug-likeness (QED) is 0.570. The highest BCUT2D eigenvalue weighted by Gasteiger charge is 2.18. The predicted molar refractivity (Wildman–Crippen MR) is 39.6 cm³/mol. The van der Waals surface area contributed by atoms with Gasteiger partial charge in [-0.15, -0.1) is 0 Å². The Kier molecular flexibility index (Phi) is 3.36. The van der Waals surface area contributed by atoms with Crippen molar-refractivity contribution in [2.75, 3.05) is 0 Å². The molecule has 0 bridgehead atoms. The lowest BCUT2D eigenvalue weighted by Gasteiger charge is -2.12. The van der Waals surface area contributed by atoms with Crippen LogP contribution in [0.4, 0.5) is 8.78 Å². The molecule has 0 aromatic carbocycles. The monoisotopic (exact) mass is 162 g/mol. The van der Waals surface area contributed by atoms with Crippen LogP contribution in [-0.4, -0.2) is 12.2 Å². The summed E-state index contributed by atoms with van der Waals surface area (Å²) in [7, 11) is 0. The van der Waals surface area contributed by atoms with Gasteiger partial charge in [0.2, 0.25) is 0 Å². The van der Waals surface area contributed by atoms with Gasteiger partial charge < -0.3 is 0 Å². The van der Waals surface area contributed by atoms with E-state index in [4.69, 9.17) is 0 Å². The summed E-state index contributed by atoms with van der Waals surface area (Å²) in [5.41, 5.74) is -0.564. The number of allylic oxidation sites excluding steroid dienone is 2. The Morgan fingerprint density at radius 3 is 2.09 bits per heavy atom. The van der Waals surface area contributed by atoms with Crippen molar-refractivity contribution in [3.05, 3.63) is 12.2 Å². The summed E-state index contributed by atoms with van der Waals surface area (Å²) in [4.78, 5) is 10.9. The van der Waals surface area contributed by atoms with E-state index >= 15 is 0 Å². The predicted octanol–water partition coefficient (Wildman–Crippen LogP) is 2.42. The highest BCUT2D eigenvalue weighted by Crippen LogP contribution is 2.15.